The molecule has 0 radical (unpaired) electrons. The van der Waals surface area contributed by atoms with Gasteiger partial charge in [0.2, 0.25) is 5.89 Å². The number of carbonyl (C=O) groups is 1. The lowest BCUT2D eigenvalue weighted by molar-refractivity contribution is -0.142. The molecular formula is C16H28N4O4. The highest BCUT2D eigenvalue weighted by Crippen LogP contribution is 2.21. The molecule has 1 aliphatic heterocycles. The molecule has 0 spiro atoms. The topological polar surface area (TPSA) is 104 Å². The Morgan fingerprint density at radius 1 is 1.42 bits per heavy atom. The van der Waals surface area contributed by atoms with Crippen LogP contribution in [0.5, 0.6) is 0 Å². The fourth-order valence-corrected chi connectivity index (χ4v) is 2.50. The monoisotopic (exact) mass is 340 g/mol. The molecule has 1 aromatic rings. The van der Waals surface area contributed by atoms with Crippen LogP contribution < -0.4 is 5.73 Å². The van der Waals surface area contributed by atoms with Crippen molar-refractivity contribution in [1.29, 1.82) is 0 Å². The number of hydrogen-bond acceptors (Lipinski definition) is 7. The van der Waals surface area contributed by atoms with Crippen molar-refractivity contribution in [2.75, 3.05) is 20.2 Å². The van der Waals surface area contributed by atoms with Gasteiger partial charge in [-0.3, -0.25) is 4.79 Å². The van der Waals surface area contributed by atoms with Gasteiger partial charge in [-0.2, -0.15) is 4.98 Å². The fraction of sp³-hybridized carbons (Fsp3) is 0.812. The summed E-state index contributed by atoms with van der Waals surface area (Å²) >= 11 is 0. The molecule has 24 heavy (non-hydrogen) atoms. The maximum atomic E-state index is 12.4. The molecule has 0 aliphatic carbocycles. The summed E-state index contributed by atoms with van der Waals surface area (Å²) < 4.78 is 16.5. The van der Waals surface area contributed by atoms with Crippen molar-refractivity contribution in [2.45, 2.75) is 58.5 Å². The Morgan fingerprint density at radius 2 is 2.17 bits per heavy atom. The van der Waals surface area contributed by atoms with Crippen molar-refractivity contribution >= 4 is 5.91 Å². The van der Waals surface area contributed by atoms with Gasteiger partial charge in [0.05, 0.1) is 12.6 Å². The Kier molecular flexibility index (Phi) is 6.70. The highest BCUT2D eigenvalue weighted by Gasteiger charge is 2.32. The first-order valence-electron chi connectivity index (χ1n) is 8.45. The van der Waals surface area contributed by atoms with E-state index in [1.807, 2.05) is 6.92 Å². The number of amides is 1. The smallest absolute Gasteiger partial charge is 0.251 e. The Labute approximate surface area is 142 Å². The molecular weight excluding hydrogens is 312 g/mol. The quantitative estimate of drug-likeness (QED) is 0.760. The molecule has 0 bridgehead atoms. The molecule has 1 aliphatic rings. The first-order chi connectivity index (χ1) is 11.4. The normalized spacial score (nSPS) is 22.1. The van der Waals surface area contributed by atoms with E-state index in [0.29, 0.717) is 37.2 Å². The van der Waals surface area contributed by atoms with Crippen molar-refractivity contribution in [3.63, 3.8) is 0 Å². The van der Waals surface area contributed by atoms with Gasteiger partial charge in [-0.05, 0) is 25.7 Å². The molecule has 8 heteroatoms. The lowest BCUT2D eigenvalue weighted by Crippen LogP contribution is -2.36. The maximum Gasteiger partial charge on any atom is 0.251 e. The lowest BCUT2D eigenvalue weighted by Gasteiger charge is -2.19. The summed E-state index contributed by atoms with van der Waals surface area (Å²) in [4.78, 5) is 18.2. The maximum absolute atomic E-state index is 12.4. The number of carbonyl (C=O) groups excluding carboxylic acids is 1. The average Bonchev–Trinajstić information content (AvgIpc) is 3.20. The van der Waals surface area contributed by atoms with E-state index >= 15 is 0 Å². The second-order valence-electron chi connectivity index (χ2n) is 6.67. The van der Waals surface area contributed by atoms with Crippen LogP contribution in [0.4, 0.5) is 0 Å². The minimum Gasteiger partial charge on any atom is -0.370 e. The van der Waals surface area contributed by atoms with Crippen LogP contribution in [0.2, 0.25) is 0 Å². The van der Waals surface area contributed by atoms with Crippen LogP contribution >= 0.6 is 0 Å². The molecule has 0 aromatic carbocycles. The molecule has 1 unspecified atom stereocenters. The number of hydrogen-bond donors (Lipinski definition) is 1. The van der Waals surface area contributed by atoms with E-state index in [-0.39, 0.29) is 24.7 Å². The van der Waals surface area contributed by atoms with Crippen LogP contribution in [-0.2, 0) is 20.8 Å². The SMILES string of the molecule is CC(C)COC(C)c1noc(CN(C)C(=O)[C@@H]2CC[C@H](CN)O2)n1. The third kappa shape index (κ3) is 4.99. The average molecular weight is 340 g/mol. The molecule has 2 rings (SSSR count). The predicted octanol–water partition coefficient (Wildman–Crippen LogP) is 1.27. The summed E-state index contributed by atoms with van der Waals surface area (Å²) in [5.74, 6) is 1.22. The minimum atomic E-state index is -0.431. The van der Waals surface area contributed by atoms with E-state index in [9.17, 15) is 4.79 Å². The highest BCUT2D eigenvalue weighted by atomic mass is 16.5. The molecule has 2 N–H and O–H groups in total. The molecule has 1 saturated heterocycles. The molecule has 2 heterocycles. The summed E-state index contributed by atoms with van der Waals surface area (Å²) in [6.07, 6.45) is 0.811. The van der Waals surface area contributed by atoms with Crippen molar-refractivity contribution in [3.05, 3.63) is 11.7 Å². The second-order valence-corrected chi connectivity index (χ2v) is 6.67. The van der Waals surface area contributed by atoms with Crippen LogP contribution in [0.1, 0.15) is 51.4 Å². The number of likely N-dealkylation sites (N-methyl/N-ethyl adjacent to an activating group) is 1. The summed E-state index contributed by atoms with van der Waals surface area (Å²) in [6, 6.07) is 0. The lowest BCUT2D eigenvalue weighted by atomic mass is 10.2. The van der Waals surface area contributed by atoms with Crippen LogP contribution in [0.15, 0.2) is 4.52 Å². The Balaban J connectivity index is 1.86. The van der Waals surface area contributed by atoms with E-state index in [1.54, 1.807) is 11.9 Å². The van der Waals surface area contributed by atoms with E-state index in [4.69, 9.17) is 19.7 Å². The van der Waals surface area contributed by atoms with Crippen LogP contribution in [0.3, 0.4) is 0 Å². The van der Waals surface area contributed by atoms with E-state index in [2.05, 4.69) is 24.0 Å². The number of aromatic nitrogens is 2. The standard InChI is InChI=1S/C16H28N4O4/c1-10(2)9-22-11(3)15-18-14(24-19-15)8-20(4)16(21)13-6-5-12(7-17)23-13/h10-13H,5-9,17H2,1-4H3/t11?,12-,13+/m1/s1. The molecule has 8 nitrogen and oxygen atoms in total. The zero-order valence-corrected chi connectivity index (χ0v) is 14.9. The second kappa shape index (κ2) is 8.55. The van der Waals surface area contributed by atoms with Crippen molar-refractivity contribution in [2.24, 2.45) is 11.7 Å². The van der Waals surface area contributed by atoms with Gasteiger partial charge in [0.15, 0.2) is 5.82 Å². The third-order valence-corrected chi connectivity index (χ3v) is 3.92. The number of rotatable bonds is 8. The van der Waals surface area contributed by atoms with E-state index in [0.717, 1.165) is 6.42 Å². The van der Waals surface area contributed by atoms with Crippen LogP contribution in [0, 0.1) is 5.92 Å². The first kappa shape index (κ1) is 18.8. The van der Waals surface area contributed by atoms with Gasteiger partial charge in [0, 0.05) is 20.2 Å². The van der Waals surface area contributed by atoms with Crippen LogP contribution in [0.25, 0.3) is 0 Å². The molecule has 1 fully saturated rings. The summed E-state index contributed by atoms with van der Waals surface area (Å²) in [5, 5.41) is 3.93. The summed E-state index contributed by atoms with van der Waals surface area (Å²) in [6.45, 7) is 7.35. The van der Waals surface area contributed by atoms with Gasteiger partial charge in [-0.25, -0.2) is 0 Å². The zero-order chi connectivity index (χ0) is 17.7. The first-order valence-corrected chi connectivity index (χ1v) is 8.45. The third-order valence-electron chi connectivity index (χ3n) is 3.92. The Bertz CT molecular complexity index is 534. The van der Waals surface area contributed by atoms with E-state index in [1.165, 1.54) is 0 Å². The minimum absolute atomic E-state index is 0.0266. The Hall–Kier alpha value is -1.51. The number of ether oxygens (including phenoxy) is 2. The molecule has 0 saturated carbocycles. The largest absolute Gasteiger partial charge is 0.370 e. The molecule has 1 amide bonds. The molecule has 1 aromatic heterocycles. The fourth-order valence-electron chi connectivity index (χ4n) is 2.50. The molecule has 3 atom stereocenters. The number of nitrogens with two attached hydrogens (primary N) is 1. The van der Waals surface area contributed by atoms with Gasteiger partial charge >= 0.3 is 0 Å². The van der Waals surface area contributed by atoms with Gasteiger partial charge in [-0.1, -0.05) is 19.0 Å². The highest BCUT2D eigenvalue weighted by molar-refractivity contribution is 5.80. The van der Waals surface area contributed by atoms with Crippen molar-refractivity contribution in [3.8, 4) is 0 Å². The van der Waals surface area contributed by atoms with Crippen LogP contribution in [-0.4, -0.2) is 53.4 Å². The van der Waals surface area contributed by atoms with Crippen molar-refractivity contribution in [1.82, 2.24) is 15.0 Å². The van der Waals surface area contributed by atoms with Gasteiger partial charge in [-0.15, -0.1) is 0 Å². The summed E-state index contributed by atoms with van der Waals surface area (Å²) in [5.41, 5.74) is 5.58. The summed E-state index contributed by atoms with van der Waals surface area (Å²) in [7, 11) is 1.70. The van der Waals surface area contributed by atoms with Crippen molar-refractivity contribution < 1.29 is 18.8 Å². The van der Waals surface area contributed by atoms with Gasteiger partial charge in [0.25, 0.3) is 5.91 Å². The van der Waals surface area contributed by atoms with E-state index < -0.39 is 6.10 Å². The van der Waals surface area contributed by atoms with Gasteiger partial charge in [0.1, 0.15) is 12.2 Å². The van der Waals surface area contributed by atoms with Gasteiger partial charge < -0.3 is 24.6 Å². The number of nitrogens with zero attached hydrogens (tertiary/aromatic N) is 3. The molecule has 136 valence electrons. The predicted molar refractivity (Wildman–Crippen MR) is 86.9 cm³/mol. The Morgan fingerprint density at radius 3 is 2.79 bits per heavy atom. The zero-order valence-electron chi connectivity index (χ0n) is 14.9.